The smallest absolute Gasteiger partial charge is 0.0345 e. The number of hydrogen-bond donors (Lipinski definition) is 1. The minimum absolute atomic E-state index is 0.0223. The molecule has 0 aliphatic carbocycles. The molecule has 2 aromatic rings. The zero-order valence-electron chi connectivity index (χ0n) is 13.0. The minimum Gasteiger partial charge on any atom is -0.384 e. The molecule has 0 aromatic heterocycles. The van der Waals surface area contributed by atoms with Crippen LogP contribution in [0.4, 0.5) is 5.69 Å². The lowest BCUT2D eigenvalue weighted by atomic mass is 10.1. The molecule has 0 spiro atoms. The van der Waals surface area contributed by atoms with Crippen molar-refractivity contribution < 1.29 is 0 Å². The largest absolute Gasteiger partial charge is 0.384 e. The molecule has 3 rings (SSSR count). The van der Waals surface area contributed by atoms with Crippen LogP contribution in [0.3, 0.4) is 0 Å². The standard InChI is InChI=1S/C19H24NP/c1-15-11-16(2)13-17(12-15)20-14-19-9-6-10-21(19)18-7-4-3-5-8-18/h3-5,7-8,11-13,19-20H,6,9-10,14H2,1-2H3. The number of aryl methyl sites for hydroxylation is 2. The molecule has 21 heavy (non-hydrogen) atoms. The first-order valence-electron chi connectivity index (χ1n) is 7.86. The summed E-state index contributed by atoms with van der Waals surface area (Å²) in [5, 5.41) is 5.26. The lowest BCUT2D eigenvalue weighted by Gasteiger charge is -2.22. The Balaban J connectivity index is 1.67. The average Bonchev–Trinajstić information content (AvgIpc) is 2.93. The van der Waals surface area contributed by atoms with E-state index >= 15 is 0 Å². The maximum absolute atomic E-state index is 3.68. The van der Waals surface area contributed by atoms with Crippen molar-refractivity contribution in [3.63, 3.8) is 0 Å². The van der Waals surface area contributed by atoms with Crippen LogP contribution in [0.15, 0.2) is 48.5 Å². The van der Waals surface area contributed by atoms with Crippen LogP contribution in [-0.4, -0.2) is 18.4 Å². The summed E-state index contributed by atoms with van der Waals surface area (Å²) in [4.78, 5) is 0. The molecule has 1 N–H and O–H groups in total. The summed E-state index contributed by atoms with van der Waals surface area (Å²) in [6, 6.07) is 17.9. The first kappa shape index (κ1) is 14.6. The average molecular weight is 297 g/mol. The third-order valence-corrected chi connectivity index (χ3v) is 7.31. The highest BCUT2D eigenvalue weighted by atomic mass is 31.1. The van der Waals surface area contributed by atoms with E-state index in [9.17, 15) is 0 Å². The maximum atomic E-state index is 3.68. The van der Waals surface area contributed by atoms with E-state index in [-0.39, 0.29) is 7.92 Å². The van der Waals surface area contributed by atoms with E-state index in [1.54, 1.807) is 5.30 Å². The summed E-state index contributed by atoms with van der Waals surface area (Å²) in [7, 11) is 0.0223. The molecule has 110 valence electrons. The van der Waals surface area contributed by atoms with E-state index in [0.717, 1.165) is 12.2 Å². The van der Waals surface area contributed by atoms with Crippen LogP contribution in [0.5, 0.6) is 0 Å². The van der Waals surface area contributed by atoms with Crippen LogP contribution in [-0.2, 0) is 0 Å². The molecule has 1 fully saturated rings. The third-order valence-electron chi connectivity index (χ3n) is 4.23. The fourth-order valence-electron chi connectivity index (χ4n) is 3.32. The lowest BCUT2D eigenvalue weighted by molar-refractivity contribution is 0.803. The summed E-state index contributed by atoms with van der Waals surface area (Å²) >= 11 is 0. The molecule has 0 radical (unpaired) electrons. The van der Waals surface area contributed by atoms with Gasteiger partial charge in [-0.25, -0.2) is 0 Å². The van der Waals surface area contributed by atoms with E-state index in [0.29, 0.717) is 0 Å². The fraction of sp³-hybridized carbons (Fsp3) is 0.368. The van der Waals surface area contributed by atoms with Crippen LogP contribution in [0.1, 0.15) is 24.0 Å². The van der Waals surface area contributed by atoms with Crippen molar-refractivity contribution in [3.05, 3.63) is 59.7 Å². The summed E-state index contributed by atoms with van der Waals surface area (Å²) in [6.07, 6.45) is 4.16. The van der Waals surface area contributed by atoms with Gasteiger partial charge in [0.1, 0.15) is 0 Å². The Morgan fingerprint density at radius 2 is 1.76 bits per heavy atom. The number of nitrogens with one attached hydrogen (secondary N) is 1. The molecule has 2 atom stereocenters. The van der Waals surface area contributed by atoms with E-state index < -0.39 is 0 Å². The molecule has 2 heteroatoms. The number of rotatable bonds is 4. The monoisotopic (exact) mass is 297 g/mol. The van der Waals surface area contributed by atoms with Crippen molar-refractivity contribution in [1.82, 2.24) is 0 Å². The molecular formula is C19H24NP. The van der Waals surface area contributed by atoms with Gasteiger partial charge in [-0.15, -0.1) is 0 Å². The molecule has 2 aromatic carbocycles. The van der Waals surface area contributed by atoms with Gasteiger partial charge in [0.15, 0.2) is 0 Å². The number of hydrogen-bond acceptors (Lipinski definition) is 1. The zero-order chi connectivity index (χ0) is 14.7. The van der Waals surface area contributed by atoms with Crippen molar-refractivity contribution >= 4 is 18.9 Å². The van der Waals surface area contributed by atoms with E-state index in [2.05, 4.69) is 67.7 Å². The highest BCUT2D eigenvalue weighted by Gasteiger charge is 2.27. The fourth-order valence-corrected chi connectivity index (χ4v) is 6.25. The van der Waals surface area contributed by atoms with Crippen LogP contribution >= 0.6 is 7.92 Å². The molecule has 1 saturated heterocycles. The van der Waals surface area contributed by atoms with Gasteiger partial charge in [-0.3, -0.25) is 0 Å². The van der Waals surface area contributed by atoms with Crippen LogP contribution in [0.2, 0.25) is 0 Å². The normalized spacial score (nSPS) is 21.4. The van der Waals surface area contributed by atoms with Crippen molar-refractivity contribution in [2.24, 2.45) is 0 Å². The van der Waals surface area contributed by atoms with E-state index in [1.807, 2.05) is 0 Å². The van der Waals surface area contributed by atoms with Gasteiger partial charge in [-0.1, -0.05) is 44.3 Å². The van der Waals surface area contributed by atoms with Crippen LogP contribution < -0.4 is 10.6 Å². The van der Waals surface area contributed by atoms with Gasteiger partial charge in [0, 0.05) is 17.9 Å². The lowest BCUT2D eigenvalue weighted by Crippen LogP contribution is -2.19. The predicted octanol–water partition coefficient (Wildman–Crippen LogP) is 4.69. The van der Waals surface area contributed by atoms with E-state index in [1.165, 1.54) is 35.8 Å². The topological polar surface area (TPSA) is 12.0 Å². The Hall–Kier alpha value is -1.33. The van der Waals surface area contributed by atoms with Gasteiger partial charge in [0.25, 0.3) is 0 Å². The molecular weight excluding hydrogens is 273 g/mol. The minimum atomic E-state index is 0.0223. The van der Waals surface area contributed by atoms with Gasteiger partial charge < -0.3 is 5.32 Å². The highest BCUT2D eigenvalue weighted by Crippen LogP contribution is 2.48. The quantitative estimate of drug-likeness (QED) is 0.808. The SMILES string of the molecule is Cc1cc(C)cc(NCC2CCCP2c2ccccc2)c1. The molecule has 2 unspecified atom stereocenters. The van der Waals surface area contributed by atoms with Gasteiger partial charge in [0.05, 0.1) is 0 Å². The second-order valence-electron chi connectivity index (χ2n) is 6.08. The second kappa shape index (κ2) is 6.62. The molecule has 0 amide bonds. The Bertz CT molecular complexity index is 574. The van der Waals surface area contributed by atoms with Crippen LogP contribution in [0.25, 0.3) is 0 Å². The van der Waals surface area contributed by atoms with Gasteiger partial charge in [-0.2, -0.15) is 0 Å². The van der Waals surface area contributed by atoms with Crippen LogP contribution in [0, 0.1) is 13.8 Å². The Kier molecular flexibility index (Phi) is 4.60. The maximum Gasteiger partial charge on any atom is 0.0345 e. The highest BCUT2D eigenvalue weighted by molar-refractivity contribution is 7.66. The summed E-state index contributed by atoms with van der Waals surface area (Å²) < 4.78 is 0. The third kappa shape index (κ3) is 3.66. The zero-order valence-corrected chi connectivity index (χ0v) is 13.9. The summed E-state index contributed by atoms with van der Waals surface area (Å²) in [6.45, 7) is 5.46. The van der Waals surface area contributed by atoms with Crippen molar-refractivity contribution in [1.29, 1.82) is 0 Å². The molecule has 1 nitrogen and oxygen atoms in total. The second-order valence-corrected chi connectivity index (χ2v) is 8.72. The van der Waals surface area contributed by atoms with Gasteiger partial charge in [-0.05, 0) is 61.4 Å². The van der Waals surface area contributed by atoms with Gasteiger partial charge in [0.2, 0.25) is 0 Å². The Morgan fingerprint density at radius 1 is 1.05 bits per heavy atom. The predicted molar refractivity (Wildman–Crippen MR) is 95.3 cm³/mol. The van der Waals surface area contributed by atoms with Crippen molar-refractivity contribution in [2.75, 3.05) is 18.0 Å². The Labute approximate surface area is 129 Å². The van der Waals surface area contributed by atoms with E-state index in [4.69, 9.17) is 0 Å². The van der Waals surface area contributed by atoms with Crippen molar-refractivity contribution in [2.45, 2.75) is 32.3 Å². The molecule has 0 saturated carbocycles. The first-order valence-corrected chi connectivity index (χ1v) is 9.46. The molecule has 1 aliphatic heterocycles. The number of benzene rings is 2. The molecule has 0 bridgehead atoms. The molecule has 1 heterocycles. The van der Waals surface area contributed by atoms with Crippen molar-refractivity contribution in [3.8, 4) is 0 Å². The molecule has 1 aliphatic rings. The summed E-state index contributed by atoms with van der Waals surface area (Å²) in [5.74, 6) is 0. The summed E-state index contributed by atoms with van der Waals surface area (Å²) in [5.41, 5.74) is 4.79. The number of anilines is 1. The Morgan fingerprint density at radius 3 is 2.48 bits per heavy atom. The van der Waals surface area contributed by atoms with Gasteiger partial charge >= 0.3 is 0 Å². The first-order chi connectivity index (χ1) is 10.2.